The zero-order chi connectivity index (χ0) is 18.1. The first-order valence-electron chi connectivity index (χ1n) is 9.87. The molecule has 2 fully saturated rings. The Hall–Kier alpha value is -2.17. The Balaban J connectivity index is 1.35. The van der Waals surface area contributed by atoms with Gasteiger partial charge in [0.15, 0.2) is 0 Å². The number of carbonyl (C=O) groups excluding carboxylic acids is 3. The molecule has 0 spiro atoms. The summed E-state index contributed by atoms with van der Waals surface area (Å²) in [5, 5.41) is 3.10. The van der Waals surface area contributed by atoms with Crippen molar-refractivity contribution in [2.75, 3.05) is 6.54 Å². The maximum Gasteiger partial charge on any atom is 0.233 e. The minimum atomic E-state index is -0.135. The van der Waals surface area contributed by atoms with Crippen LogP contribution < -0.4 is 5.32 Å². The predicted octanol–water partition coefficient (Wildman–Crippen LogP) is 2.75. The van der Waals surface area contributed by atoms with E-state index in [0.717, 1.165) is 44.9 Å². The third-order valence-corrected chi connectivity index (χ3v) is 6.20. The zero-order valence-corrected chi connectivity index (χ0v) is 15.1. The van der Waals surface area contributed by atoms with Crippen molar-refractivity contribution in [2.45, 2.75) is 57.4 Å². The number of amides is 3. The van der Waals surface area contributed by atoms with Gasteiger partial charge in [-0.05, 0) is 43.2 Å². The summed E-state index contributed by atoms with van der Waals surface area (Å²) in [6.07, 6.45) is 6.93. The van der Waals surface area contributed by atoms with Crippen molar-refractivity contribution in [3.05, 3.63) is 35.4 Å². The van der Waals surface area contributed by atoms with Crippen LogP contribution in [0.1, 0.15) is 62.1 Å². The van der Waals surface area contributed by atoms with Crippen LogP contribution in [0.2, 0.25) is 0 Å². The molecule has 0 unspecified atom stereocenters. The maximum atomic E-state index is 12.5. The summed E-state index contributed by atoms with van der Waals surface area (Å²) in [6, 6.07) is 8.29. The Morgan fingerprint density at radius 2 is 1.69 bits per heavy atom. The second-order valence-corrected chi connectivity index (χ2v) is 7.79. The molecule has 26 heavy (non-hydrogen) atoms. The molecule has 1 saturated heterocycles. The van der Waals surface area contributed by atoms with E-state index in [-0.39, 0.29) is 48.6 Å². The fourth-order valence-corrected chi connectivity index (χ4v) is 4.84. The van der Waals surface area contributed by atoms with Gasteiger partial charge in [0.25, 0.3) is 0 Å². The third-order valence-electron chi connectivity index (χ3n) is 6.20. The number of carbonyl (C=O) groups is 3. The highest BCUT2D eigenvalue weighted by molar-refractivity contribution is 6.05. The molecule has 0 radical (unpaired) electrons. The summed E-state index contributed by atoms with van der Waals surface area (Å²) < 4.78 is 0. The van der Waals surface area contributed by atoms with Crippen LogP contribution in [-0.2, 0) is 20.8 Å². The monoisotopic (exact) mass is 354 g/mol. The van der Waals surface area contributed by atoms with Crippen molar-refractivity contribution in [1.82, 2.24) is 10.2 Å². The standard InChI is InChI=1S/C21H26N2O3/c24-19(22-18-11-5-7-14-6-1-2-8-15(14)18)12-13-23-20(25)16-9-3-4-10-17(16)21(23)26/h1-2,6,8,16-18H,3-5,7,9-13H2,(H,22,24)/t16-,17-,18+/m0/s1. The van der Waals surface area contributed by atoms with Crippen molar-refractivity contribution in [3.8, 4) is 0 Å². The summed E-state index contributed by atoms with van der Waals surface area (Å²) in [5.74, 6) is -0.470. The molecule has 5 heteroatoms. The molecule has 1 aromatic rings. The fourth-order valence-electron chi connectivity index (χ4n) is 4.84. The zero-order valence-electron chi connectivity index (χ0n) is 15.1. The Labute approximate surface area is 154 Å². The molecule has 1 aromatic carbocycles. The van der Waals surface area contributed by atoms with Gasteiger partial charge in [0.1, 0.15) is 0 Å². The molecule has 2 aliphatic carbocycles. The quantitative estimate of drug-likeness (QED) is 0.846. The first-order valence-corrected chi connectivity index (χ1v) is 9.87. The molecule has 138 valence electrons. The third kappa shape index (κ3) is 3.15. The van der Waals surface area contributed by atoms with Crippen LogP contribution in [0.25, 0.3) is 0 Å². The van der Waals surface area contributed by atoms with Crippen LogP contribution in [0.5, 0.6) is 0 Å². The highest BCUT2D eigenvalue weighted by Crippen LogP contribution is 2.38. The van der Waals surface area contributed by atoms with E-state index in [4.69, 9.17) is 0 Å². The van der Waals surface area contributed by atoms with Crippen LogP contribution in [-0.4, -0.2) is 29.2 Å². The van der Waals surface area contributed by atoms with Crippen LogP contribution in [0.15, 0.2) is 24.3 Å². The van der Waals surface area contributed by atoms with Gasteiger partial charge in [-0.3, -0.25) is 19.3 Å². The van der Waals surface area contributed by atoms with E-state index < -0.39 is 0 Å². The predicted molar refractivity (Wildman–Crippen MR) is 97.0 cm³/mol. The number of hydrogen-bond donors (Lipinski definition) is 1. The summed E-state index contributed by atoms with van der Waals surface area (Å²) in [6.45, 7) is 0.213. The van der Waals surface area contributed by atoms with Crippen LogP contribution in [0.4, 0.5) is 0 Å². The molecule has 1 heterocycles. The van der Waals surface area contributed by atoms with Crippen LogP contribution in [0, 0.1) is 11.8 Å². The lowest BCUT2D eigenvalue weighted by Gasteiger charge is -2.26. The maximum absolute atomic E-state index is 12.5. The molecular weight excluding hydrogens is 328 g/mol. The van der Waals surface area contributed by atoms with E-state index in [0.29, 0.717) is 0 Å². The molecule has 1 N–H and O–H groups in total. The summed E-state index contributed by atoms with van der Waals surface area (Å²) in [7, 11) is 0. The number of hydrogen-bond acceptors (Lipinski definition) is 3. The normalized spacial score (nSPS) is 27.8. The van der Waals surface area contributed by atoms with Gasteiger partial charge in [0.05, 0.1) is 17.9 Å². The molecule has 0 bridgehead atoms. The average Bonchev–Trinajstić information content (AvgIpc) is 2.91. The molecule has 3 atom stereocenters. The van der Waals surface area contributed by atoms with Gasteiger partial charge < -0.3 is 5.32 Å². The Bertz CT molecular complexity index is 706. The van der Waals surface area contributed by atoms with Gasteiger partial charge in [-0.25, -0.2) is 0 Å². The number of imide groups is 1. The lowest BCUT2D eigenvalue weighted by atomic mass is 9.81. The second-order valence-electron chi connectivity index (χ2n) is 7.79. The largest absolute Gasteiger partial charge is 0.349 e. The number of nitrogens with zero attached hydrogens (tertiary/aromatic N) is 1. The SMILES string of the molecule is O=C(CCN1C(=O)[C@H]2CCCC[C@@H]2C1=O)N[C@@H]1CCCc2ccccc21. The van der Waals surface area contributed by atoms with Crippen LogP contribution in [0.3, 0.4) is 0 Å². The lowest BCUT2D eigenvalue weighted by molar-refractivity contribution is -0.140. The molecule has 3 aliphatic rings. The Kier molecular flexibility index (Phi) is 4.79. The second kappa shape index (κ2) is 7.22. The van der Waals surface area contributed by atoms with E-state index in [1.807, 2.05) is 12.1 Å². The number of rotatable bonds is 4. The molecular formula is C21H26N2O3. The number of aryl methyl sites for hydroxylation is 1. The first kappa shape index (κ1) is 17.3. The van der Waals surface area contributed by atoms with Crippen LogP contribution >= 0.6 is 0 Å². The topological polar surface area (TPSA) is 66.5 Å². The number of fused-ring (bicyclic) bond motifs is 2. The molecule has 0 aromatic heterocycles. The summed E-state index contributed by atoms with van der Waals surface area (Å²) >= 11 is 0. The smallest absolute Gasteiger partial charge is 0.233 e. The molecule has 5 nitrogen and oxygen atoms in total. The minimum absolute atomic E-state index is 0.0417. The van der Waals surface area contributed by atoms with Crippen molar-refractivity contribution in [2.24, 2.45) is 11.8 Å². The van der Waals surface area contributed by atoms with Crippen molar-refractivity contribution >= 4 is 17.7 Å². The van der Waals surface area contributed by atoms with Crippen molar-refractivity contribution in [3.63, 3.8) is 0 Å². The van der Waals surface area contributed by atoms with E-state index in [2.05, 4.69) is 17.4 Å². The van der Waals surface area contributed by atoms with Gasteiger partial charge in [-0.2, -0.15) is 0 Å². The van der Waals surface area contributed by atoms with Crippen molar-refractivity contribution in [1.29, 1.82) is 0 Å². The van der Waals surface area contributed by atoms with Crippen molar-refractivity contribution < 1.29 is 14.4 Å². The van der Waals surface area contributed by atoms with Gasteiger partial charge in [0.2, 0.25) is 17.7 Å². The fraction of sp³-hybridized carbons (Fsp3) is 0.571. The van der Waals surface area contributed by atoms with Gasteiger partial charge in [-0.1, -0.05) is 37.1 Å². The van der Waals surface area contributed by atoms with E-state index in [1.54, 1.807) is 0 Å². The first-order chi connectivity index (χ1) is 12.6. The number of likely N-dealkylation sites (tertiary alicyclic amines) is 1. The Morgan fingerprint density at radius 1 is 1.00 bits per heavy atom. The van der Waals surface area contributed by atoms with Gasteiger partial charge in [-0.15, -0.1) is 0 Å². The van der Waals surface area contributed by atoms with E-state index in [1.165, 1.54) is 16.0 Å². The summed E-state index contributed by atoms with van der Waals surface area (Å²) in [5.41, 5.74) is 2.50. The highest BCUT2D eigenvalue weighted by atomic mass is 16.2. The molecule has 3 amide bonds. The van der Waals surface area contributed by atoms with E-state index >= 15 is 0 Å². The average molecular weight is 354 g/mol. The molecule has 4 rings (SSSR count). The molecule has 1 aliphatic heterocycles. The Morgan fingerprint density at radius 3 is 2.42 bits per heavy atom. The number of nitrogens with one attached hydrogen (secondary N) is 1. The van der Waals surface area contributed by atoms with Gasteiger partial charge >= 0.3 is 0 Å². The lowest BCUT2D eigenvalue weighted by Crippen LogP contribution is -2.37. The van der Waals surface area contributed by atoms with Gasteiger partial charge in [0, 0.05) is 13.0 Å². The summed E-state index contributed by atoms with van der Waals surface area (Å²) in [4.78, 5) is 38.8. The number of benzene rings is 1. The minimum Gasteiger partial charge on any atom is -0.349 e. The van der Waals surface area contributed by atoms with E-state index in [9.17, 15) is 14.4 Å². The highest BCUT2D eigenvalue weighted by Gasteiger charge is 2.47. The molecule has 1 saturated carbocycles.